The molecule has 2 amide bonds. The maximum atomic E-state index is 12.4. The SMILES string of the molecule is O=C1C[C@@H](Nc2ccccc2)C(=O)N1c1ccc(I)cc1. The van der Waals surface area contributed by atoms with Crippen molar-refractivity contribution in [1.82, 2.24) is 0 Å². The number of hydrogen-bond donors (Lipinski definition) is 1. The number of carbonyl (C=O) groups excluding carboxylic acids is 2. The van der Waals surface area contributed by atoms with Crippen molar-refractivity contribution in [2.24, 2.45) is 0 Å². The van der Waals surface area contributed by atoms with Crippen LogP contribution in [-0.2, 0) is 9.59 Å². The van der Waals surface area contributed by atoms with Gasteiger partial charge in [-0.2, -0.15) is 0 Å². The summed E-state index contributed by atoms with van der Waals surface area (Å²) in [5, 5.41) is 3.12. The minimum absolute atomic E-state index is 0.172. The predicted molar refractivity (Wildman–Crippen MR) is 90.1 cm³/mol. The molecule has 0 radical (unpaired) electrons. The van der Waals surface area contributed by atoms with Crippen LogP contribution in [0, 0.1) is 3.57 Å². The molecule has 1 heterocycles. The number of hydrogen-bond acceptors (Lipinski definition) is 3. The van der Waals surface area contributed by atoms with Crippen molar-refractivity contribution in [1.29, 1.82) is 0 Å². The van der Waals surface area contributed by atoms with Crippen molar-refractivity contribution in [2.45, 2.75) is 12.5 Å². The third-order valence-electron chi connectivity index (χ3n) is 3.35. The van der Waals surface area contributed by atoms with Crippen molar-refractivity contribution in [3.05, 3.63) is 58.2 Å². The number of imide groups is 1. The number of nitrogens with one attached hydrogen (secondary N) is 1. The molecule has 21 heavy (non-hydrogen) atoms. The molecule has 1 aliphatic rings. The van der Waals surface area contributed by atoms with E-state index >= 15 is 0 Å². The molecule has 4 nitrogen and oxygen atoms in total. The van der Waals surface area contributed by atoms with E-state index in [1.807, 2.05) is 42.5 Å². The molecule has 1 fully saturated rings. The lowest BCUT2D eigenvalue weighted by Crippen LogP contribution is -2.34. The first-order valence-electron chi connectivity index (χ1n) is 6.59. The van der Waals surface area contributed by atoms with E-state index in [0.29, 0.717) is 5.69 Å². The molecule has 1 aliphatic heterocycles. The Morgan fingerprint density at radius 1 is 1.00 bits per heavy atom. The third-order valence-corrected chi connectivity index (χ3v) is 4.07. The Hall–Kier alpha value is -1.89. The standard InChI is InChI=1S/C16H13IN2O2/c17-11-6-8-13(9-7-11)19-15(20)10-14(16(19)21)18-12-4-2-1-3-5-12/h1-9,14,18H,10H2/t14-/m1/s1. The summed E-state index contributed by atoms with van der Waals surface area (Å²) in [7, 11) is 0. The van der Waals surface area contributed by atoms with Crippen molar-refractivity contribution in [3.8, 4) is 0 Å². The molecular formula is C16H13IN2O2. The molecule has 0 saturated carbocycles. The van der Waals surface area contributed by atoms with Crippen molar-refractivity contribution >= 4 is 45.8 Å². The largest absolute Gasteiger partial charge is 0.373 e. The minimum atomic E-state index is -0.501. The number of amides is 2. The maximum Gasteiger partial charge on any atom is 0.256 e. The number of carbonyl (C=O) groups is 2. The zero-order valence-electron chi connectivity index (χ0n) is 11.1. The van der Waals surface area contributed by atoms with E-state index in [1.165, 1.54) is 4.90 Å². The van der Waals surface area contributed by atoms with E-state index in [2.05, 4.69) is 27.9 Å². The predicted octanol–water partition coefficient (Wildman–Crippen LogP) is 3.04. The number of rotatable bonds is 3. The van der Waals surface area contributed by atoms with Crippen LogP contribution in [-0.4, -0.2) is 17.9 Å². The molecule has 2 aromatic rings. The lowest BCUT2D eigenvalue weighted by Gasteiger charge is -2.16. The van der Waals surface area contributed by atoms with Gasteiger partial charge in [0.1, 0.15) is 6.04 Å². The molecular weight excluding hydrogens is 379 g/mol. The number of para-hydroxylation sites is 1. The highest BCUT2D eigenvalue weighted by molar-refractivity contribution is 14.1. The van der Waals surface area contributed by atoms with E-state index in [1.54, 1.807) is 12.1 Å². The summed E-state index contributed by atoms with van der Waals surface area (Å²) in [5.41, 5.74) is 1.47. The first-order chi connectivity index (χ1) is 10.1. The Bertz CT molecular complexity index is 670. The van der Waals surface area contributed by atoms with E-state index in [9.17, 15) is 9.59 Å². The Balaban J connectivity index is 1.80. The van der Waals surface area contributed by atoms with Crippen molar-refractivity contribution < 1.29 is 9.59 Å². The first kappa shape index (κ1) is 14.1. The molecule has 0 spiro atoms. The average Bonchev–Trinajstić information content (AvgIpc) is 2.76. The third kappa shape index (κ3) is 2.92. The minimum Gasteiger partial charge on any atom is -0.373 e. The normalized spacial score (nSPS) is 18.1. The van der Waals surface area contributed by atoms with Gasteiger partial charge in [-0.05, 0) is 59.0 Å². The molecule has 0 aliphatic carbocycles. The van der Waals surface area contributed by atoms with Crippen LogP contribution in [0.25, 0.3) is 0 Å². The van der Waals surface area contributed by atoms with Crippen LogP contribution in [0.1, 0.15) is 6.42 Å². The lowest BCUT2D eigenvalue weighted by molar-refractivity contribution is -0.121. The fourth-order valence-electron chi connectivity index (χ4n) is 2.34. The Morgan fingerprint density at radius 3 is 2.33 bits per heavy atom. The number of halogens is 1. The maximum absolute atomic E-state index is 12.4. The summed E-state index contributed by atoms with van der Waals surface area (Å²) < 4.78 is 1.06. The smallest absolute Gasteiger partial charge is 0.256 e. The van der Waals surface area contributed by atoms with Gasteiger partial charge in [0.25, 0.3) is 5.91 Å². The van der Waals surface area contributed by atoms with Crippen LogP contribution in [0.5, 0.6) is 0 Å². The zero-order chi connectivity index (χ0) is 14.8. The fourth-order valence-corrected chi connectivity index (χ4v) is 2.70. The molecule has 1 saturated heterocycles. The van der Waals surface area contributed by atoms with Gasteiger partial charge in [-0.25, -0.2) is 4.90 Å². The van der Waals surface area contributed by atoms with Crippen LogP contribution in [0.15, 0.2) is 54.6 Å². The number of benzene rings is 2. The fraction of sp³-hybridized carbons (Fsp3) is 0.125. The van der Waals surface area contributed by atoms with Crippen LogP contribution in [0.3, 0.4) is 0 Å². The van der Waals surface area contributed by atoms with Gasteiger partial charge in [-0.1, -0.05) is 18.2 Å². The molecule has 1 atom stereocenters. The van der Waals surface area contributed by atoms with E-state index in [0.717, 1.165) is 9.26 Å². The molecule has 106 valence electrons. The van der Waals surface area contributed by atoms with E-state index in [-0.39, 0.29) is 18.2 Å². The Labute approximate surface area is 136 Å². The summed E-state index contributed by atoms with van der Waals surface area (Å²) in [6.07, 6.45) is 0.180. The van der Waals surface area contributed by atoms with Gasteiger partial charge in [-0.15, -0.1) is 0 Å². The van der Waals surface area contributed by atoms with Crippen LogP contribution in [0.2, 0.25) is 0 Å². The van der Waals surface area contributed by atoms with Crippen molar-refractivity contribution in [2.75, 3.05) is 10.2 Å². The van der Waals surface area contributed by atoms with E-state index in [4.69, 9.17) is 0 Å². The van der Waals surface area contributed by atoms with Gasteiger partial charge in [0.15, 0.2) is 0 Å². The van der Waals surface area contributed by atoms with Crippen LogP contribution >= 0.6 is 22.6 Å². The molecule has 1 N–H and O–H groups in total. The van der Waals surface area contributed by atoms with Gasteiger partial charge >= 0.3 is 0 Å². The molecule has 0 unspecified atom stereocenters. The number of nitrogens with zero attached hydrogens (tertiary/aromatic N) is 1. The first-order valence-corrected chi connectivity index (χ1v) is 7.67. The quantitative estimate of drug-likeness (QED) is 0.646. The highest BCUT2D eigenvalue weighted by Crippen LogP contribution is 2.25. The summed E-state index contributed by atoms with van der Waals surface area (Å²) >= 11 is 2.19. The second-order valence-electron chi connectivity index (χ2n) is 4.81. The molecule has 0 bridgehead atoms. The lowest BCUT2D eigenvalue weighted by atomic mass is 10.2. The average molecular weight is 392 g/mol. The number of anilines is 2. The van der Waals surface area contributed by atoms with Gasteiger partial charge in [0.2, 0.25) is 5.91 Å². The highest BCUT2D eigenvalue weighted by atomic mass is 127. The highest BCUT2D eigenvalue weighted by Gasteiger charge is 2.39. The molecule has 2 aromatic carbocycles. The van der Waals surface area contributed by atoms with Gasteiger partial charge in [0, 0.05) is 9.26 Å². The molecule has 5 heteroatoms. The second kappa shape index (κ2) is 5.85. The monoisotopic (exact) mass is 392 g/mol. The molecule has 0 aromatic heterocycles. The summed E-state index contributed by atoms with van der Waals surface area (Å²) in [5.74, 6) is -0.375. The van der Waals surface area contributed by atoms with Crippen LogP contribution < -0.4 is 10.2 Å². The summed E-state index contributed by atoms with van der Waals surface area (Å²) in [6, 6.07) is 16.3. The molecule has 3 rings (SSSR count). The van der Waals surface area contributed by atoms with E-state index < -0.39 is 6.04 Å². The van der Waals surface area contributed by atoms with Crippen molar-refractivity contribution in [3.63, 3.8) is 0 Å². The second-order valence-corrected chi connectivity index (χ2v) is 6.06. The topological polar surface area (TPSA) is 49.4 Å². The van der Waals surface area contributed by atoms with Gasteiger partial charge < -0.3 is 5.32 Å². The zero-order valence-corrected chi connectivity index (χ0v) is 13.3. The Morgan fingerprint density at radius 2 is 1.67 bits per heavy atom. The van der Waals surface area contributed by atoms with Gasteiger partial charge in [0.05, 0.1) is 12.1 Å². The summed E-state index contributed by atoms with van der Waals surface area (Å²) in [6.45, 7) is 0. The van der Waals surface area contributed by atoms with Gasteiger partial charge in [-0.3, -0.25) is 9.59 Å². The summed E-state index contributed by atoms with van der Waals surface area (Å²) in [4.78, 5) is 25.8. The Kier molecular flexibility index (Phi) is 3.92. The van der Waals surface area contributed by atoms with Crippen LogP contribution in [0.4, 0.5) is 11.4 Å².